The van der Waals surface area contributed by atoms with E-state index in [2.05, 4.69) is 23.0 Å². The fourth-order valence-corrected chi connectivity index (χ4v) is 12.0. The van der Waals surface area contributed by atoms with Crippen LogP contribution in [0.2, 0.25) is 0 Å². The monoisotopic (exact) mass is 954 g/mol. The number of allylic oxidation sites excluding steroid dienone is 1. The van der Waals surface area contributed by atoms with Gasteiger partial charge in [-0.3, -0.25) is 10.3 Å². The minimum absolute atomic E-state index is 0.0190. The van der Waals surface area contributed by atoms with E-state index in [1.807, 2.05) is 45.9 Å². The van der Waals surface area contributed by atoms with E-state index >= 15 is 8.42 Å². The zero-order valence-electron chi connectivity index (χ0n) is 40.0. The van der Waals surface area contributed by atoms with E-state index in [0.717, 1.165) is 24.0 Å². The molecule has 0 saturated heterocycles. The third kappa shape index (κ3) is 10.5. The van der Waals surface area contributed by atoms with Gasteiger partial charge in [-0.2, -0.15) is 4.31 Å². The highest BCUT2D eigenvalue weighted by molar-refractivity contribution is 7.89. The molecule has 3 N–H and O–H groups in total. The summed E-state index contributed by atoms with van der Waals surface area (Å²) in [5.41, 5.74) is 2.16. The van der Waals surface area contributed by atoms with Gasteiger partial charge >= 0.3 is 6.09 Å². The number of fused-ring (bicyclic) bond motifs is 3. The standard InChI is InChI=1S/C52H66N4O11S/c1-8-26-56(68(60,61)45-20-14-17-34-18-15-25-53-49(34)45)46-33-42(55-67-51(3,4)5)39-30-35(16-10-12-27-57)38(19-11-13-28-58)47-40-31-37(22-24-43(40)66-52(46,48(39)47)64-29-9-2)65-50(59)54-41-23-21-36(62-6)32-44(41)63-7/h9,14-15,17-18,20-25,30-32,35,38,46-48,57-58H,2,8,10-13,16,19,26-29,33H2,1,3-7H3,(H,54,59). The van der Waals surface area contributed by atoms with Gasteiger partial charge in [-0.15, -0.1) is 6.58 Å². The molecule has 1 aliphatic heterocycles. The summed E-state index contributed by atoms with van der Waals surface area (Å²) in [6.45, 7) is 11.9. The van der Waals surface area contributed by atoms with E-state index in [-0.39, 0.29) is 55.3 Å². The van der Waals surface area contributed by atoms with Crippen LogP contribution in [-0.4, -0.2) is 97.7 Å². The van der Waals surface area contributed by atoms with Crippen molar-refractivity contribution < 1.29 is 51.9 Å². The maximum Gasteiger partial charge on any atom is 0.417 e. The number of hydrogen-bond donors (Lipinski definition) is 3. The Morgan fingerprint density at radius 3 is 2.46 bits per heavy atom. The molecule has 6 unspecified atom stereocenters. The van der Waals surface area contributed by atoms with Crippen LogP contribution in [0.4, 0.5) is 10.5 Å². The van der Waals surface area contributed by atoms with Crippen LogP contribution in [-0.2, 0) is 19.6 Å². The summed E-state index contributed by atoms with van der Waals surface area (Å²) in [4.78, 5) is 24.5. The normalized spacial score (nSPS) is 22.7. The number of methoxy groups -OCH3 is 2. The average Bonchev–Trinajstić information content (AvgIpc) is 3.32. The van der Waals surface area contributed by atoms with Crippen LogP contribution in [0, 0.1) is 17.8 Å². The predicted octanol–water partition coefficient (Wildman–Crippen LogP) is 9.40. The molecule has 1 fully saturated rings. The number of sulfonamides is 1. The molecule has 1 saturated carbocycles. The van der Waals surface area contributed by atoms with Crippen LogP contribution in [0.15, 0.2) is 107 Å². The first-order valence-corrected chi connectivity index (χ1v) is 25.0. The second kappa shape index (κ2) is 21.8. The summed E-state index contributed by atoms with van der Waals surface area (Å²) in [5.74, 6) is -1.31. The number of ether oxygens (including phenoxy) is 5. The zero-order valence-corrected chi connectivity index (χ0v) is 40.8. The van der Waals surface area contributed by atoms with Crippen molar-refractivity contribution in [2.75, 3.05) is 45.9 Å². The molecular formula is C52H66N4O11S. The van der Waals surface area contributed by atoms with Gasteiger partial charge in [0.25, 0.3) is 0 Å². The Balaban J connectivity index is 1.45. The highest BCUT2D eigenvalue weighted by atomic mass is 32.2. The van der Waals surface area contributed by atoms with Gasteiger partial charge in [-0.25, -0.2) is 13.2 Å². The molecule has 3 aromatic carbocycles. The summed E-state index contributed by atoms with van der Waals surface area (Å²) >= 11 is 0. The van der Waals surface area contributed by atoms with Crippen molar-refractivity contribution in [1.82, 2.24) is 9.29 Å². The number of aliphatic hydroxyl groups excluding tert-OH is 2. The number of pyridine rings is 1. The quantitative estimate of drug-likeness (QED) is 0.0409. The topological polar surface area (TPSA) is 188 Å². The van der Waals surface area contributed by atoms with E-state index in [4.69, 9.17) is 33.7 Å². The van der Waals surface area contributed by atoms with E-state index < -0.39 is 45.4 Å². The van der Waals surface area contributed by atoms with Crippen LogP contribution >= 0.6 is 0 Å². The lowest BCUT2D eigenvalue weighted by Crippen LogP contribution is -2.70. The van der Waals surface area contributed by atoms with Gasteiger partial charge in [0.1, 0.15) is 33.5 Å². The number of carbonyl (C=O) groups excluding carboxylic acids is 1. The van der Waals surface area contributed by atoms with Crippen molar-refractivity contribution in [3.63, 3.8) is 0 Å². The maximum absolute atomic E-state index is 15.6. The van der Waals surface area contributed by atoms with Crippen LogP contribution in [0.25, 0.3) is 10.9 Å². The minimum atomic E-state index is -4.35. The summed E-state index contributed by atoms with van der Waals surface area (Å²) in [7, 11) is -1.31. The number of aromatic nitrogens is 1. The number of nitrogens with one attached hydrogen (secondary N) is 1. The molecule has 15 nitrogen and oxygen atoms in total. The number of aliphatic hydroxyl groups is 2. The molecule has 3 aliphatic rings. The molecule has 366 valence electrons. The van der Waals surface area contributed by atoms with Crippen LogP contribution in [0.3, 0.4) is 0 Å². The van der Waals surface area contributed by atoms with Crippen molar-refractivity contribution in [3.05, 3.63) is 103 Å². The number of benzene rings is 3. The van der Waals surface area contributed by atoms with E-state index in [0.29, 0.717) is 71.7 Å². The second-order valence-electron chi connectivity index (χ2n) is 18.5. The zero-order chi connectivity index (χ0) is 48.6. The lowest BCUT2D eigenvalue weighted by atomic mass is 9.55. The molecule has 1 aromatic heterocycles. The third-order valence-corrected chi connectivity index (χ3v) is 14.8. The number of unbranched alkanes of at least 4 members (excludes halogenated alkanes) is 2. The maximum atomic E-state index is 15.6. The fourth-order valence-electron chi connectivity index (χ4n) is 10.1. The lowest BCUT2D eigenvalue weighted by molar-refractivity contribution is -0.251. The summed E-state index contributed by atoms with van der Waals surface area (Å²) in [6, 6.07) is 18.0. The molecule has 6 atom stereocenters. The molecule has 0 spiro atoms. The molecule has 4 aromatic rings. The highest BCUT2D eigenvalue weighted by Gasteiger charge is 2.66. The van der Waals surface area contributed by atoms with Crippen molar-refractivity contribution in [2.24, 2.45) is 22.9 Å². The van der Waals surface area contributed by atoms with Gasteiger partial charge < -0.3 is 38.7 Å². The van der Waals surface area contributed by atoms with Crippen molar-refractivity contribution >= 4 is 38.4 Å². The Morgan fingerprint density at radius 2 is 1.75 bits per heavy atom. The first-order valence-electron chi connectivity index (χ1n) is 23.6. The van der Waals surface area contributed by atoms with Crippen LogP contribution in [0.5, 0.6) is 23.0 Å². The summed E-state index contributed by atoms with van der Waals surface area (Å²) in [6.07, 6.45) is 9.29. The fraction of sp³-hybridized carbons (Fsp3) is 0.481. The lowest BCUT2D eigenvalue weighted by Gasteiger charge is -2.59. The average molecular weight is 955 g/mol. The molecular weight excluding hydrogens is 889 g/mol. The molecule has 2 aliphatic carbocycles. The predicted molar refractivity (Wildman–Crippen MR) is 261 cm³/mol. The minimum Gasteiger partial charge on any atom is -0.497 e. The second-order valence-corrected chi connectivity index (χ2v) is 20.4. The van der Waals surface area contributed by atoms with Gasteiger partial charge in [0, 0.05) is 55.3 Å². The van der Waals surface area contributed by atoms with Crippen LogP contribution in [0.1, 0.15) is 90.5 Å². The number of rotatable bonds is 21. The molecule has 1 amide bonds. The van der Waals surface area contributed by atoms with Gasteiger partial charge in [0.15, 0.2) is 0 Å². The molecule has 16 heteroatoms. The third-order valence-electron chi connectivity index (χ3n) is 12.9. The Morgan fingerprint density at radius 1 is 1.00 bits per heavy atom. The van der Waals surface area contributed by atoms with Crippen molar-refractivity contribution in [3.8, 4) is 23.0 Å². The largest absolute Gasteiger partial charge is 0.497 e. The Hall–Kier alpha value is -5.52. The van der Waals surface area contributed by atoms with Crippen molar-refractivity contribution in [1.29, 1.82) is 0 Å². The molecule has 0 bridgehead atoms. The number of para-hydroxylation sites is 1. The number of nitrogens with zero attached hydrogens (tertiary/aromatic N) is 3. The van der Waals surface area contributed by atoms with Gasteiger partial charge in [0.05, 0.1) is 49.7 Å². The number of anilines is 1. The summed E-state index contributed by atoms with van der Waals surface area (Å²) < 4.78 is 64.0. The SMILES string of the molecule is C=CCOC12Oc3ccc(OC(=O)Nc4ccc(OC)cc4OC)cc3C3C(CCCCO)C(CCCCO)C=C(C(=NOC(C)(C)C)CC1N(CCC)S(=O)(=O)c1cccc4cccnc14)C32. The number of oxime groups is 1. The van der Waals surface area contributed by atoms with Gasteiger partial charge in [-0.05, 0) is 113 Å². The Kier molecular flexibility index (Phi) is 16.2. The number of hydrogen-bond acceptors (Lipinski definition) is 13. The van der Waals surface area contributed by atoms with E-state index in [9.17, 15) is 15.0 Å². The molecule has 7 rings (SSSR count). The summed E-state index contributed by atoms with van der Waals surface area (Å²) in [5, 5.41) is 28.4. The number of amides is 1. The van der Waals surface area contributed by atoms with Crippen LogP contribution < -0.4 is 24.3 Å². The van der Waals surface area contributed by atoms with E-state index in [1.54, 1.807) is 67.9 Å². The Labute approximate surface area is 400 Å². The molecule has 68 heavy (non-hydrogen) atoms. The smallest absolute Gasteiger partial charge is 0.417 e. The van der Waals surface area contributed by atoms with Crippen molar-refractivity contribution in [2.45, 2.75) is 107 Å². The molecule has 2 heterocycles. The Bertz CT molecular complexity index is 2590. The highest BCUT2D eigenvalue weighted by Crippen LogP contribution is 2.62. The van der Waals surface area contributed by atoms with Gasteiger partial charge in [-0.1, -0.05) is 55.3 Å². The first kappa shape index (κ1) is 50.4. The first-order chi connectivity index (χ1) is 32.7. The molecule has 0 radical (unpaired) electrons. The van der Waals surface area contributed by atoms with E-state index in [1.165, 1.54) is 11.4 Å². The van der Waals surface area contributed by atoms with Gasteiger partial charge in [0.2, 0.25) is 15.8 Å². The number of carbonyl (C=O) groups is 1.